The lowest BCUT2D eigenvalue weighted by Crippen LogP contribution is -2.52. The summed E-state index contributed by atoms with van der Waals surface area (Å²) in [5.74, 6) is -0.0817. The zero-order chi connectivity index (χ0) is 12.6. The number of rotatable bonds is 2. The Morgan fingerprint density at radius 3 is 2.65 bits per heavy atom. The molecule has 2 fully saturated rings. The Kier molecular flexibility index (Phi) is 3.12. The molecule has 0 radical (unpaired) electrons. The first kappa shape index (κ1) is 12.4. The second-order valence-electron chi connectivity index (χ2n) is 5.11. The van der Waals surface area contributed by atoms with Crippen LogP contribution >= 0.6 is 0 Å². The van der Waals surface area contributed by atoms with Gasteiger partial charge in [-0.3, -0.25) is 14.5 Å². The smallest absolute Gasteiger partial charge is 0.326 e. The molecule has 0 spiro atoms. The minimum Gasteiger partial charge on any atom is -0.468 e. The summed E-state index contributed by atoms with van der Waals surface area (Å²) in [6.45, 7) is 0.819. The molecule has 0 aromatic carbocycles. The van der Waals surface area contributed by atoms with Gasteiger partial charge in [-0.05, 0) is 25.7 Å². The summed E-state index contributed by atoms with van der Waals surface area (Å²) in [7, 11) is 4.95. The number of nitrogens with zero attached hydrogens (tertiary/aromatic N) is 2. The molecular weight excluding hydrogens is 220 g/mol. The normalized spacial score (nSPS) is 32.3. The molecule has 2 heterocycles. The van der Waals surface area contributed by atoms with Crippen LogP contribution in [0.15, 0.2) is 0 Å². The molecule has 2 saturated heterocycles. The molecule has 2 aliphatic heterocycles. The maximum atomic E-state index is 12.1. The summed E-state index contributed by atoms with van der Waals surface area (Å²) in [5, 5.41) is 0. The van der Waals surface area contributed by atoms with Crippen molar-refractivity contribution in [2.45, 2.75) is 37.3 Å². The van der Waals surface area contributed by atoms with Gasteiger partial charge in [-0.25, -0.2) is 0 Å². The fraction of sp³-hybridized carbons (Fsp3) is 0.833. The molecule has 0 aromatic rings. The highest BCUT2D eigenvalue weighted by molar-refractivity contribution is 5.87. The van der Waals surface area contributed by atoms with Crippen LogP contribution in [0.4, 0.5) is 0 Å². The first-order chi connectivity index (χ1) is 8.03. The molecule has 0 aliphatic carbocycles. The summed E-state index contributed by atoms with van der Waals surface area (Å²) in [4.78, 5) is 27.7. The Hall–Kier alpha value is -1.10. The van der Waals surface area contributed by atoms with E-state index in [9.17, 15) is 9.59 Å². The second-order valence-corrected chi connectivity index (χ2v) is 5.11. The number of ether oxygens (including phenoxy) is 1. The maximum absolute atomic E-state index is 12.1. The van der Waals surface area contributed by atoms with Crippen molar-refractivity contribution >= 4 is 11.9 Å². The minimum atomic E-state index is -0.523. The molecular formula is C12H20N2O3. The first-order valence-electron chi connectivity index (χ1n) is 6.09. The number of carbonyl (C=O) groups excluding carboxylic acids is 2. The highest BCUT2D eigenvalue weighted by atomic mass is 16.5. The molecule has 5 nitrogen and oxygen atoms in total. The molecule has 0 bridgehead atoms. The summed E-state index contributed by atoms with van der Waals surface area (Å²) in [5.41, 5.74) is -0.523. The standard InChI is InChI=1S/C12H20N2O3/c1-13(2)10(15)9-5-7-12(11(16)17-3)6-4-8-14(9)12/h9H,4-8H2,1-3H3/t9-,12+/m0/s1. The summed E-state index contributed by atoms with van der Waals surface area (Å²) < 4.78 is 4.92. The Balaban J connectivity index is 2.22. The summed E-state index contributed by atoms with van der Waals surface area (Å²) in [6, 6.07) is -0.147. The van der Waals surface area contributed by atoms with Crippen LogP contribution in [0.25, 0.3) is 0 Å². The van der Waals surface area contributed by atoms with Crippen molar-refractivity contribution in [2.24, 2.45) is 0 Å². The van der Waals surface area contributed by atoms with Crippen LogP contribution in [0.2, 0.25) is 0 Å². The number of likely N-dealkylation sites (N-methyl/N-ethyl adjacent to an activating group) is 1. The van der Waals surface area contributed by atoms with Gasteiger partial charge in [0.25, 0.3) is 0 Å². The van der Waals surface area contributed by atoms with Gasteiger partial charge in [0, 0.05) is 20.6 Å². The van der Waals surface area contributed by atoms with E-state index in [0.29, 0.717) is 0 Å². The Morgan fingerprint density at radius 2 is 2.06 bits per heavy atom. The van der Waals surface area contributed by atoms with E-state index in [1.807, 2.05) is 0 Å². The number of esters is 1. The van der Waals surface area contributed by atoms with Crippen molar-refractivity contribution in [3.05, 3.63) is 0 Å². The Morgan fingerprint density at radius 1 is 1.35 bits per heavy atom. The monoisotopic (exact) mass is 240 g/mol. The van der Waals surface area contributed by atoms with Crippen molar-refractivity contribution in [3.8, 4) is 0 Å². The van der Waals surface area contributed by atoms with Gasteiger partial charge in [-0.15, -0.1) is 0 Å². The minimum absolute atomic E-state index is 0.0951. The van der Waals surface area contributed by atoms with Crippen molar-refractivity contribution in [3.63, 3.8) is 0 Å². The third-order valence-corrected chi connectivity index (χ3v) is 4.04. The number of amides is 1. The van der Waals surface area contributed by atoms with Gasteiger partial charge in [0.2, 0.25) is 5.91 Å². The lowest BCUT2D eigenvalue weighted by Gasteiger charge is -2.32. The zero-order valence-electron chi connectivity index (χ0n) is 10.7. The fourth-order valence-electron chi connectivity index (χ4n) is 3.22. The van der Waals surface area contributed by atoms with Crippen molar-refractivity contribution < 1.29 is 14.3 Å². The van der Waals surface area contributed by atoms with E-state index in [0.717, 1.165) is 32.2 Å². The SMILES string of the molecule is COC(=O)[C@]12CCCN1[C@H](C(=O)N(C)C)CC2. The van der Waals surface area contributed by atoms with Gasteiger partial charge in [0.15, 0.2) is 0 Å². The van der Waals surface area contributed by atoms with Crippen LogP contribution < -0.4 is 0 Å². The predicted octanol–water partition coefficient (Wildman–Crippen LogP) is 0.245. The van der Waals surface area contributed by atoms with Gasteiger partial charge in [0.05, 0.1) is 13.2 Å². The van der Waals surface area contributed by atoms with Crippen LogP contribution in [0.1, 0.15) is 25.7 Å². The molecule has 96 valence electrons. The number of fused-ring (bicyclic) bond motifs is 1. The van der Waals surface area contributed by atoms with E-state index in [2.05, 4.69) is 4.90 Å². The average Bonchev–Trinajstić information content (AvgIpc) is 2.85. The molecule has 0 aromatic heterocycles. The van der Waals surface area contributed by atoms with E-state index in [1.54, 1.807) is 19.0 Å². The first-order valence-corrected chi connectivity index (χ1v) is 6.09. The maximum Gasteiger partial charge on any atom is 0.326 e. The van der Waals surface area contributed by atoms with E-state index in [-0.39, 0.29) is 17.9 Å². The van der Waals surface area contributed by atoms with Crippen LogP contribution in [0.3, 0.4) is 0 Å². The molecule has 17 heavy (non-hydrogen) atoms. The number of carbonyl (C=O) groups is 2. The number of hydrogen-bond acceptors (Lipinski definition) is 4. The summed E-state index contributed by atoms with van der Waals surface area (Å²) in [6.07, 6.45) is 3.28. The quantitative estimate of drug-likeness (QED) is 0.649. The molecule has 0 unspecified atom stereocenters. The number of hydrogen-bond donors (Lipinski definition) is 0. The Labute approximate surface area is 102 Å². The average molecular weight is 240 g/mol. The third kappa shape index (κ3) is 1.73. The molecule has 2 aliphatic rings. The van der Waals surface area contributed by atoms with Crippen molar-refractivity contribution in [1.29, 1.82) is 0 Å². The van der Waals surface area contributed by atoms with E-state index < -0.39 is 5.54 Å². The van der Waals surface area contributed by atoms with Crippen molar-refractivity contribution in [1.82, 2.24) is 9.80 Å². The van der Waals surface area contributed by atoms with Crippen LogP contribution in [-0.2, 0) is 14.3 Å². The molecule has 5 heteroatoms. The highest BCUT2D eigenvalue weighted by Crippen LogP contribution is 2.43. The zero-order valence-corrected chi connectivity index (χ0v) is 10.7. The highest BCUT2D eigenvalue weighted by Gasteiger charge is 2.56. The van der Waals surface area contributed by atoms with Gasteiger partial charge < -0.3 is 9.64 Å². The largest absolute Gasteiger partial charge is 0.468 e. The third-order valence-electron chi connectivity index (χ3n) is 4.04. The Bertz CT molecular complexity index is 343. The van der Waals surface area contributed by atoms with Gasteiger partial charge >= 0.3 is 5.97 Å². The van der Waals surface area contributed by atoms with E-state index >= 15 is 0 Å². The molecule has 0 N–H and O–H groups in total. The molecule has 1 amide bonds. The fourth-order valence-corrected chi connectivity index (χ4v) is 3.22. The molecule has 2 atom stereocenters. The van der Waals surface area contributed by atoms with Crippen LogP contribution in [-0.4, -0.2) is 61.0 Å². The molecule has 0 saturated carbocycles. The second kappa shape index (κ2) is 4.29. The van der Waals surface area contributed by atoms with Gasteiger partial charge in [0.1, 0.15) is 5.54 Å². The number of methoxy groups -OCH3 is 1. The molecule has 2 rings (SSSR count). The topological polar surface area (TPSA) is 49.9 Å². The summed E-state index contributed by atoms with van der Waals surface area (Å²) >= 11 is 0. The van der Waals surface area contributed by atoms with Gasteiger partial charge in [-0.2, -0.15) is 0 Å². The van der Waals surface area contributed by atoms with Gasteiger partial charge in [-0.1, -0.05) is 0 Å². The van der Waals surface area contributed by atoms with E-state index in [4.69, 9.17) is 4.74 Å². The lowest BCUT2D eigenvalue weighted by atomic mass is 9.94. The van der Waals surface area contributed by atoms with Crippen LogP contribution in [0, 0.1) is 0 Å². The van der Waals surface area contributed by atoms with Crippen molar-refractivity contribution in [2.75, 3.05) is 27.7 Å². The van der Waals surface area contributed by atoms with Crippen LogP contribution in [0.5, 0.6) is 0 Å². The lowest BCUT2D eigenvalue weighted by molar-refractivity contribution is -0.153. The van der Waals surface area contributed by atoms with E-state index in [1.165, 1.54) is 7.11 Å². The predicted molar refractivity (Wildman–Crippen MR) is 62.4 cm³/mol.